The number of carbonyl (C=O) groups excluding carboxylic acids is 3. The van der Waals surface area contributed by atoms with Gasteiger partial charge in [-0.05, 0) is 152 Å². The average molecular weight is 1290 g/mol. The van der Waals surface area contributed by atoms with E-state index in [0.717, 1.165) is 45.0 Å². The summed E-state index contributed by atoms with van der Waals surface area (Å²) in [7, 11) is -4.67. The fourth-order valence-electron chi connectivity index (χ4n) is 7.87. The lowest BCUT2D eigenvalue weighted by Crippen LogP contribution is -2.41. The number of aromatic nitrogens is 8. The zero-order chi connectivity index (χ0) is 60.6. The lowest BCUT2D eigenvalue weighted by molar-refractivity contribution is 0.00578. The van der Waals surface area contributed by atoms with Crippen molar-refractivity contribution in [1.82, 2.24) is 39.3 Å². The number of aryl methyl sites for hydroxylation is 1. The lowest BCUT2D eigenvalue weighted by Gasteiger charge is -2.32. The summed E-state index contributed by atoms with van der Waals surface area (Å²) < 4.78 is 54.1. The molecule has 0 unspecified atom stereocenters. The van der Waals surface area contributed by atoms with Crippen molar-refractivity contribution >= 4 is 130 Å². The molecule has 8 N–H and O–H groups in total. The number of fused-ring (bicyclic) bond motifs is 2. The minimum atomic E-state index is -3.90. The maximum absolute atomic E-state index is 13.8. The first-order valence-corrected chi connectivity index (χ1v) is 30.3. The van der Waals surface area contributed by atoms with Gasteiger partial charge in [-0.3, -0.25) is 14.4 Å². The molecule has 0 atom stereocenters. The molecule has 83 heavy (non-hydrogen) atoms. The lowest BCUT2D eigenvalue weighted by atomic mass is 9.79. The van der Waals surface area contributed by atoms with Gasteiger partial charge in [0.2, 0.25) is 11.8 Å². The van der Waals surface area contributed by atoms with Crippen molar-refractivity contribution in [1.29, 1.82) is 0 Å². The molecule has 0 bridgehead atoms. The van der Waals surface area contributed by atoms with Crippen LogP contribution in [0.1, 0.15) is 120 Å². The smallest absolute Gasteiger partial charge is 0.403 e. The Bertz CT molecular complexity index is 3960. The van der Waals surface area contributed by atoms with Crippen molar-refractivity contribution < 1.29 is 40.9 Å². The predicted octanol–water partition coefficient (Wildman–Crippen LogP) is 10.1. The number of thiazole rings is 3. The van der Waals surface area contributed by atoms with Crippen molar-refractivity contribution in [2.75, 3.05) is 10.6 Å². The summed E-state index contributed by atoms with van der Waals surface area (Å²) in [6, 6.07) is 18.9. The minimum Gasteiger partial charge on any atom is -0.403 e. The predicted molar refractivity (Wildman–Crippen MR) is 327 cm³/mol. The summed E-state index contributed by atoms with van der Waals surface area (Å²) in [5, 5.41) is 24.3. The van der Waals surface area contributed by atoms with Crippen LogP contribution in [0.2, 0.25) is 4.47 Å². The van der Waals surface area contributed by atoms with Gasteiger partial charge >= 0.3 is 19.1 Å². The number of nitrogens with two attached hydrogens (primary N) is 3. The summed E-state index contributed by atoms with van der Waals surface area (Å²) >= 11 is 12.1. The van der Waals surface area contributed by atoms with Crippen LogP contribution in [-0.4, -0.2) is 94.9 Å². The van der Waals surface area contributed by atoms with Crippen LogP contribution in [-0.2, 0) is 25.8 Å². The van der Waals surface area contributed by atoms with E-state index in [0.29, 0.717) is 68.8 Å². The molecule has 0 radical (unpaired) electrons. The van der Waals surface area contributed by atoms with Crippen LogP contribution < -0.4 is 33.3 Å². The highest BCUT2D eigenvalue weighted by Crippen LogP contribution is 2.40. The van der Waals surface area contributed by atoms with Crippen molar-refractivity contribution in [2.45, 2.75) is 110 Å². The maximum Gasteiger partial charge on any atom is 0.497 e. The average Bonchev–Trinajstić information content (AvgIpc) is 2.59. The maximum atomic E-state index is 13.8. The number of amides is 3. The van der Waals surface area contributed by atoms with E-state index < -0.39 is 46.1 Å². The van der Waals surface area contributed by atoms with Gasteiger partial charge in [0.1, 0.15) is 19.6 Å². The molecule has 9 aromatic rings. The molecule has 22 nitrogen and oxygen atoms in total. The zero-order valence-electron chi connectivity index (χ0n) is 46.8. The molecule has 3 amide bonds. The molecule has 3 aromatic carbocycles. The first kappa shape index (κ1) is 61.9. The van der Waals surface area contributed by atoms with Crippen LogP contribution in [0, 0.1) is 6.92 Å². The summed E-state index contributed by atoms with van der Waals surface area (Å²) in [5.74, 6) is -0.617. The van der Waals surface area contributed by atoms with Gasteiger partial charge in [0.05, 0.1) is 40.2 Å². The molecule has 0 spiro atoms. The molecule has 2 aliphatic rings. The Balaban J connectivity index is 0.000000171. The van der Waals surface area contributed by atoms with E-state index in [4.69, 9.17) is 46.9 Å². The molecule has 1 saturated heterocycles. The van der Waals surface area contributed by atoms with Crippen LogP contribution in [0.25, 0.3) is 39.4 Å². The van der Waals surface area contributed by atoms with E-state index in [-0.39, 0.29) is 16.0 Å². The minimum absolute atomic E-state index is 0.166. The molecule has 1 aliphatic heterocycles. The molecule has 1 fully saturated rings. The van der Waals surface area contributed by atoms with Crippen LogP contribution in [0.15, 0.2) is 109 Å². The Kier molecular flexibility index (Phi) is 18.0. The highest BCUT2D eigenvalue weighted by molar-refractivity contribution is 9.11. The Hall–Kier alpha value is -7.18. The van der Waals surface area contributed by atoms with E-state index in [1.807, 2.05) is 94.4 Å². The van der Waals surface area contributed by atoms with E-state index in [1.54, 1.807) is 42.6 Å². The first-order chi connectivity index (χ1) is 38.8. The van der Waals surface area contributed by atoms with Gasteiger partial charge < -0.3 is 46.0 Å². The molecule has 434 valence electrons. The van der Waals surface area contributed by atoms with Crippen molar-refractivity contribution in [3.8, 4) is 22.9 Å². The zero-order valence-corrected chi connectivity index (χ0v) is 52.4. The Morgan fingerprint density at radius 3 is 1.71 bits per heavy atom. The quantitative estimate of drug-likeness (QED) is 0.0752. The molecular formula is C54H58BBrClN13O9S4. The number of primary amides is 3. The second-order valence-electron chi connectivity index (χ2n) is 21.9. The van der Waals surface area contributed by atoms with E-state index in [9.17, 15) is 22.8 Å². The number of anilines is 2. The highest BCUT2D eigenvalue weighted by atomic mass is 79.9. The van der Waals surface area contributed by atoms with Crippen molar-refractivity contribution in [3.63, 3.8) is 0 Å². The number of rotatable bonds is 11. The number of hydrogen-bond acceptors (Lipinski definition) is 21. The monoisotopic (exact) mass is 1290 g/mol. The van der Waals surface area contributed by atoms with E-state index in [1.165, 1.54) is 50.8 Å². The summed E-state index contributed by atoms with van der Waals surface area (Å²) in [6.45, 7) is 21.8. The van der Waals surface area contributed by atoms with E-state index >= 15 is 0 Å². The van der Waals surface area contributed by atoms with Crippen LogP contribution in [0.4, 0.5) is 12.0 Å². The SMILES string of the molecule is CC(C)(C)Nc1nnc(-c2ccc3c(c2)C(c2ncc(C(N)=O)s2)=CC3)o1.Cc1ccc(S(=O)(=O)n2cc(B3OC(C)(C)C(C)(C)O3)c3cc(-c4nnc(NC(C)(C)C)o4)ccc32)cc1.NC(=O)c1cnc(Br)s1.NC(=O)c1cnc(Cl)s1. The summed E-state index contributed by atoms with van der Waals surface area (Å²) in [5.41, 5.74) is 20.4. The van der Waals surface area contributed by atoms with Gasteiger partial charge in [0.25, 0.3) is 27.7 Å². The van der Waals surface area contributed by atoms with Gasteiger partial charge in [0, 0.05) is 44.8 Å². The second kappa shape index (κ2) is 24.2. The fourth-order valence-corrected chi connectivity index (χ4v) is 12.0. The fraction of sp³-hybridized carbons (Fsp3) is 0.296. The molecule has 29 heteroatoms. The standard InChI is InChI=1S/C27H33BN4O5S.C19H19N5O2S.C4H3BrN2OS.C4H3ClN2OS/c1-17-9-12-19(13-10-17)38(33,34)32-16-21(28-36-26(5,6)27(7,8)37-28)20-15-18(11-14-22(20)32)23-30-31-24(35-23)29-25(2,3)4;1-19(2,3)22-18-24-23-16(26-18)11-5-4-10-6-7-12(13(10)8-11)17-21-9-14(27-17)15(20)25;2*5-4-7-1-2(9-4)3(6)8/h9-16H,1-8H3,(H,29,31);4-5,7-9H,6H2,1-3H3,(H2,20,25)(H,22,24);2*1H,(H2,6,8). The largest absolute Gasteiger partial charge is 0.497 e. The van der Waals surface area contributed by atoms with Gasteiger partial charge in [-0.1, -0.05) is 63.0 Å². The number of nitrogens with one attached hydrogen (secondary N) is 2. The van der Waals surface area contributed by atoms with Gasteiger partial charge in [-0.2, -0.15) is 0 Å². The van der Waals surface area contributed by atoms with Gasteiger partial charge in [-0.25, -0.2) is 27.3 Å². The van der Waals surface area contributed by atoms with Gasteiger partial charge in [-0.15, -0.1) is 32.9 Å². The number of carbonyl (C=O) groups is 3. The molecule has 1 aliphatic carbocycles. The normalized spacial score (nSPS) is 14.3. The van der Waals surface area contributed by atoms with Gasteiger partial charge in [0.15, 0.2) is 8.38 Å². The Morgan fingerprint density at radius 1 is 0.711 bits per heavy atom. The summed E-state index contributed by atoms with van der Waals surface area (Å²) in [4.78, 5) is 45.3. The molecule has 0 saturated carbocycles. The number of benzene rings is 3. The Morgan fingerprint density at radius 2 is 1.23 bits per heavy atom. The Labute approximate surface area is 504 Å². The highest BCUT2D eigenvalue weighted by Gasteiger charge is 2.52. The number of allylic oxidation sites excluding steroid dienone is 1. The third-order valence-corrected chi connectivity index (χ3v) is 17.9. The van der Waals surface area contributed by atoms with Crippen LogP contribution >= 0.6 is 61.5 Å². The molecular weight excluding hydrogens is 1230 g/mol. The van der Waals surface area contributed by atoms with E-state index in [2.05, 4.69) is 74.1 Å². The van der Waals surface area contributed by atoms with Crippen molar-refractivity contribution in [2.24, 2.45) is 17.2 Å². The molecule has 6 aromatic heterocycles. The first-order valence-electron chi connectivity index (χ1n) is 25.3. The van der Waals surface area contributed by atoms with Crippen LogP contribution in [0.3, 0.4) is 0 Å². The number of halogens is 2. The topological polar surface area (TPSA) is 327 Å². The second-order valence-corrected chi connectivity index (χ2v) is 28.6. The number of hydrogen-bond donors (Lipinski definition) is 5. The third kappa shape index (κ3) is 14.8. The third-order valence-electron chi connectivity index (χ3n) is 12.5. The number of nitrogens with zero attached hydrogens (tertiary/aromatic N) is 8. The molecule has 11 rings (SSSR count). The van der Waals surface area contributed by atoms with Crippen LogP contribution in [0.5, 0.6) is 0 Å². The molecule has 7 heterocycles. The summed E-state index contributed by atoms with van der Waals surface area (Å²) in [6.07, 6.45) is 8.83. The van der Waals surface area contributed by atoms with Crippen molar-refractivity contribution in [3.05, 3.63) is 136 Å².